The molecule has 6 nitrogen and oxygen atoms in total. The third-order valence-corrected chi connectivity index (χ3v) is 2.37. The molecular weight excluding hydrogens is 274 g/mol. The first-order valence-corrected chi connectivity index (χ1v) is 6.38. The van der Waals surface area contributed by atoms with Crippen LogP contribution in [0.25, 0.3) is 0 Å². The summed E-state index contributed by atoms with van der Waals surface area (Å²) in [6, 6.07) is 6.90. The Kier molecular flexibility index (Phi) is 5.46. The van der Waals surface area contributed by atoms with E-state index in [0.29, 0.717) is 11.3 Å². The van der Waals surface area contributed by atoms with Gasteiger partial charge >= 0.3 is 12.1 Å². The number of aliphatic imine (C=N–C) groups is 1. The molecule has 0 aliphatic carbocycles. The minimum absolute atomic E-state index is 0.00573. The van der Waals surface area contributed by atoms with Crippen LogP contribution in [0.1, 0.15) is 26.3 Å². The van der Waals surface area contributed by atoms with Crippen molar-refractivity contribution in [2.24, 2.45) is 4.99 Å². The van der Waals surface area contributed by atoms with Crippen molar-refractivity contribution in [1.82, 2.24) is 0 Å². The Balaban J connectivity index is 2.92. The van der Waals surface area contributed by atoms with Gasteiger partial charge in [0.15, 0.2) is 0 Å². The van der Waals surface area contributed by atoms with E-state index in [-0.39, 0.29) is 12.1 Å². The standard InChI is InChI=1S/C15H19NO5/c1-15(2,3)21-14(19)16-12(13(17)18)9-10-6-5-7-11(8-10)20-4/h5-8H,9H2,1-4H3,(H,17,18). The van der Waals surface area contributed by atoms with Gasteiger partial charge in [0.2, 0.25) is 0 Å². The van der Waals surface area contributed by atoms with Crippen molar-refractivity contribution >= 4 is 17.8 Å². The molecule has 1 rings (SSSR count). The summed E-state index contributed by atoms with van der Waals surface area (Å²) >= 11 is 0. The lowest BCUT2D eigenvalue weighted by atomic mass is 10.1. The van der Waals surface area contributed by atoms with Crippen molar-refractivity contribution < 1.29 is 24.2 Å². The molecule has 1 aromatic carbocycles. The highest BCUT2D eigenvalue weighted by molar-refractivity contribution is 6.37. The lowest BCUT2D eigenvalue weighted by Gasteiger charge is -2.17. The number of carboxylic acids is 1. The zero-order valence-electron chi connectivity index (χ0n) is 12.5. The summed E-state index contributed by atoms with van der Waals surface area (Å²) in [7, 11) is 1.52. The summed E-state index contributed by atoms with van der Waals surface area (Å²) in [6.45, 7) is 5.05. The molecule has 0 bridgehead atoms. The van der Waals surface area contributed by atoms with Gasteiger partial charge in [0.1, 0.15) is 17.1 Å². The number of rotatable bonds is 4. The van der Waals surface area contributed by atoms with Gasteiger partial charge in [0, 0.05) is 6.42 Å². The number of carboxylic acid groups (broad SMARTS) is 1. The second kappa shape index (κ2) is 6.88. The highest BCUT2D eigenvalue weighted by Crippen LogP contribution is 2.14. The third kappa shape index (κ3) is 6.07. The number of hydrogen-bond donors (Lipinski definition) is 1. The van der Waals surface area contributed by atoms with E-state index in [2.05, 4.69) is 4.99 Å². The van der Waals surface area contributed by atoms with Gasteiger partial charge in [0.25, 0.3) is 0 Å². The molecule has 6 heteroatoms. The van der Waals surface area contributed by atoms with Crippen molar-refractivity contribution in [3.63, 3.8) is 0 Å². The van der Waals surface area contributed by atoms with E-state index >= 15 is 0 Å². The van der Waals surface area contributed by atoms with E-state index < -0.39 is 17.7 Å². The fourth-order valence-corrected chi connectivity index (χ4v) is 1.53. The average molecular weight is 293 g/mol. The normalized spacial score (nSPS) is 11.9. The van der Waals surface area contributed by atoms with Gasteiger partial charge in [-0.3, -0.25) is 0 Å². The number of carbonyl (C=O) groups excluding carboxylic acids is 1. The number of methoxy groups -OCH3 is 1. The number of nitrogens with zero attached hydrogens (tertiary/aromatic N) is 1. The minimum atomic E-state index is -1.26. The molecule has 1 amide bonds. The topological polar surface area (TPSA) is 85.2 Å². The summed E-state index contributed by atoms with van der Waals surface area (Å²) in [6.07, 6.45) is -0.908. The number of aliphatic carboxylic acids is 1. The molecule has 1 aromatic rings. The molecule has 0 spiro atoms. The molecule has 0 atom stereocenters. The van der Waals surface area contributed by atoms with Crippen LogP contribution in [0, 0.1) is 0 Å². The van der Waals surface area contributed by atoms with Crippen molar-refractivity contribution in [2.45, 2.75) is 32.8 Å². The van der Waals surface area contributed by atoms with Crippen molar-refractivity contribution in [1.29, 1.82) is 0 Å². The molecule has 21 heavy (non-hydrogen) atoms. The molecule has 0 radical (unpaired) electrons. The van der Waals surface area contributed by atoms with E-state index in [1.165, 1.54) is 7.11 Å². The Morgan fingerprint density at radius 1 is 1.29 bits per heavy atom. The Labute approximate surface area is 123 Å². The predicted octanol–water partition coefficient (Wildman–Crippen LogP) is 2.70. The lowest BCUT2D eigenvalue weighted by Crippen LogP contribution is -2.24. The van der Waals surface area contributed by atoms with E-state index in [4.69, 9.17) is 14.6 Å². The molecule has 0 aromatic heterocycles. The quantitative estimate of drug-likeness (QED) is 0.863. The zero-order chi connectivity index (χ0) is 16.0. The van der Waals surface area contributed by atoms with Gasteiger partial charge in [-0.25, -0.2) is 9.59 Å². The van der Waals surface area contributed by atoms with Crippen LogP contribution in [0.2, 0.25) is 0 Å². The van der Waals surface area contributed by atoms with Crippen molar-refractivity contribution in [3.8, 4) is 5.75 Å². The van der Waals surface area contributed by atoms with Crippen LogP contribution >= 0.6 is 0 Å². The first-order valence-electron chi connectivity index (χ1n) is 6.38. The lowest BCUT2D eigenvalue weighted by molar-refractivity contribution is -0.129. The molecule has 114 valence electrons. The zero-order valence-corrected chi connectivity index (χ0v) is 12.5. The van der Waals surface area contributed by atoms with Gasteiger partial charge in [0.05, 0.1) is 7.11 Å². The fraction of sp³-hybridized carbons (Fsp3) is 0.400. The molecule has 0 aliphatic rings. The first-order chi connectivity index (χ1) is 9.71. The second-order valence-corrected chi connectivity index (χ2v) is 5.37. The Bertz CT molecular complexity index is 557. The molecular formula is C15H19NO5. The summed E-state index contributed by atoms with van der Waals surface area (Å²) < 4.78 is 10.1. The van der Waals surface area contributed by atoms with E-state index in [1.54, 1.807) is 45.0 Å². The summed E-state index contributed by atoms with van der Waals surface area (Å²) in [5.41, 5.74) is -0.322. The molecule has 0 heterocycles. The van der Waals surface area contributed by atoms with Crippen molar-refractivity contribution in [3.05, 3.63) is 29.8 Å². The maximum absolute atomic E-state index is 11.6. The van der Waals surface area contributed by atoms with Crippen LogP contribution in [0.3, 0.4) is 0 Å². The molecule has 0 aliphatic heterocycles. The summed E-state index contributed by atoms with van der Waals surface area (Å²) in [5, 5.41) is 9.14. The highest BCUT2D eigenvalue weighted by Gasteiger charge is 2.19. The summed E-state index contributed by atoms with van der Waals surface area (Å²) in [4.78, 5) is 26.3. The largest absolute Gasteiger partial charge is 0.497 e. The maximum Gasteiger partial charge on any atom is 0.434 e. The van der Waals surface area contributed by atoms with Gasteiger partial charge in [-0.1, -0.05) is 12.1 Å². The maximum atomic E-state index is 11.6. The molecule has 0 fully saturated rings. The first kappa shape index (κ1) is 16.7. The second-order valence-electron chi connectivity index (χ2n) is 5.37. The van der Waals surface area contributed by atoms with E-state index in [0.717, 1.165) is 0 Å². The fourth-order valence-electron chi connectivity index (χ4n) is 1.53. The monoisotopic (exact) mass is 293 g/mol. The molecule has 1 N–H and O–H groups in total. The minimum Gasteiger partial charge on any atom is -0.497 e. The van der Waals surface area contributed by atoms with Gasteiger partial charge in [-0.15, -0.1) is 0 Å². The third-order valence-electron chi connectivity index (χ3n) is 2.37. The number of carbonyl (C=O) groups is 2. The smallest absolute Gasteiger partial charge is 0.434 e. The molecule has 0 unspecified atom stereocenters. The molecule has 0 saturated heterocycles. The number of ether oxygens (including phenoxy) is 2. The van der Waals surface area contributed by atoms with E-state index in [1.807, 2.05) is 0 Å². The average Bonchev–Trinajstić information content (AvgIpc) is 2.36. The van der Waals surface area contributed by atoms with E-state index in [9.17, 15) is 9.59 Å². The van der Waals surface area contributed by atoms with Crippen LogP contribution in [0.5, 0.6) is 5.75 Å². The van der Waals surface area contributed by atoms with Crippen LogP contribution in [0.4, 0.5) is 4.79 Å². The summed E-state index contributed by atoms with van der Waals surface area (Å²) in [5.74, 6) is -0.654. The Morgan fingerprint density at radius 3 is 2.48 bits per heavy atom. The van der Waals surface area contributed by atoms with Crippen LogP contribution in [-0.2, 0) is 16.0 Å². The molecule has 0 saturated carbocycles. The van der Waals surface area contributed by atoms with Crippen molar-refractivity contribution in [2.75, 3.05) is 7.11 Å². The van der Waals surface area contributed by atoms with Gasteiger partial charge < -0.3 is 14.6 Å². The highest BCUT2D eigenvalue weighted by atomic mass is 16.6. The van der Waals surface area contributed by atoms with Gasteiger partial charge in [-0.05, 0) is 38.5 Å². The Morgan fingerprint density at radius 2 is 1.95 bits per heavy atom. The predicted molar refractivity (Wildman–Crippen MR) is 78.0 cm³/mol. The number of benzene rings is 1. The van der Waals surface area contributed by atoms with Crippen LogP contribution < -0.4 is 4.74 Å². The van der Waals surface area contributed by atoms with Crippen LogP contribution in [-0.4, -0.2) is 35.6 Å². The van der Waals surface area contributed by atoms with Gasteiger partial charge in [-0.2, -0.15) is 4.99 Å². The number of amides is 1. The van der Waals surface area contributed by atoms with Crippen LogP contribution in [0.15, 0.2) is 29.3 Å². The Hall–Kier alpha value is -2.37. The number of hydrogen-bond acceptors (Lipinski definition) is 4. The SMILES string of the molecule is COc1cccc(CC(=NC(=O)OC(C)(C)C)C(=O)O)c1.